The lowest BCUT2D eigenvalue weighted by atomic mass is 10.1. The molecule has 2 aromatic heterocycles. The molecule has 1 aromatic carbocycles. The largest absolute Gasteiger partial charge is 0.436 e. The highest BCUT2D eigenvalue weighted by Crippen LogP contribution is 2.33. The zero-order valence-corrected chi connectivity index (χ0v) is 23.8. The lowest BCUT2D eigenvalue weighted by Crippen LogP contribution is -2.37. The van der Waals surface area contributed by atoms with Crippen molar-refractivity contribution >= 4 is 34.5 Å². The highest BCUT2D eigenvalue weighted by atomic mass is 19.1. The van der Waals surface area contributed by atoms with Crippen LogP contribution in [0.2, 0.25) is 0 Å². The fraction of sp³-hybridized carbons (Fsp3) is 0.400. The number of anilines is 1. The molecule has 4 rings (SSSR count). The van der Waals surface area contributed by atoms with Crippen LogP contribution >= 0.6 is 0 Å². The van der Waals surface area contributed by atoms with E-state index in [4.69, 9.17) is 4.74 Å². The van der Waals surface area contributed by atoms with Gasteiger partial charge in [-0.1, -0.05) is 6.08 Å². The standard InChI is InChI=1S/C30H36FN5O5/c1-33(2)27(37)10-6-5-9-26(41-30(40)34(3)4)28(38)32-24-8-7-15-35(29(24)39)19-23-17-21-16-22(31)13-14-25(21)36(23)18-20-11-12-20/h6-8,10,13-17,20,26H,5,9,11-12,18-19H2,1-4H3,(H,32,38). The second-order valence-corrected chi connectivity index (χ2v) is 10.7. The summed E-state index contributed by atoms with van der Waals surface area (Å²) in [5.74, 6) is -0.614. The number of amides is 3. The SMILES string of the molecule is CN(C)C(=O)C=CCCC(OC(=O)N(C)C)C(=O)Nc1cccn(Cc2cc3cc(F)ccc3n2CC2CC2)c1=O. The quantitative estimate of drug-likeness (QED) is 0.356. The molecule has 0 radical (unpaired) electrons. The van der Waals surface area contributed by atoms with E-state index in [-0.39, 0.29) is 30.4 Å². The van der Waals surface area contributed by atoms with Crippen LogP contribution in [0.25, 0.3) is 10.9 Å². The minimum atomic E-state index is -1.19. The van der Waals surface area contributed by atoms with E-state index in [1.165, 1.54) is 52.7 Å². The summed E-state index contributed by atoms with van der Waals surface area (Å²) in [6.45, 7) is 1.03. The van der Waals surface area contributed by atoms with Crippen molar-refractivity contribution in [1.82, 2.24) is 18.9 Å². The first kappa shape index (κ1) is 29.6. The molecule has 11 heteroatoms. The van der Waals surface area contributed by atoms with Gasteiger partial charge in [-0.3, -0.25) is 14.4 Å². The number of carbonyl (C=O) groups is 3. The number of aromatic nitrogens is 2. The van der Waals surface area contributed by atoms with Crippen LogP contribution in [0.1, 0.15) is 31.4 Å². The van der Waals surface area contributed by atoms with Gasteiger partial charge in [-0.05, 0) is 74.1 Å². The normalized spacial score (nSPS) is 13.8. The van der Waals surface area contributed by atoms with E-state index < -0.39 is 23.7 Å². The molecule has 41 heavy (non-hydrogen) atoms. The predicted molar refractivity (Wildman–Crippen MR) is 154 cm³/mol. The number of likely N-dealkylation sites (N-methyl/N-ethyl adjacent to an activating group) is 1. The molecule has 0 aliphatic heterocycles. The Labute approximate surface area is 238 Å². The number of hydrogen-bond donors (Lipinski definition) is 1. The molecule has 10 nitrogen and oxygen atoms in total. The third-order valence-corrected chi connectivity index (χ3v) is 6.89. The maximum atomic E-state index is 13.9. The molecule has 1 saturated carbocycles. The molecular weight excluding hydrogens is 529 g/mol. The molecule has 1 N–H and O–H groups in total. The van der Waals surface area contributed by atoms with E-state index in [1.807, 2.05) is 6.07 Å². The van der Waals surface area contributed by atoms with E-state index >= 15 is 0 Å². The second-order valence-electron chi connectivity index (χ2n) is 10.7. The summed E-state index contributed by atoms with van der Waals surface area (Å²) < 4.78 is 22.9. The Morgan fingerprint density at radius 3 is 2.56 bits per heavy atom. The van der Waals surface area contributed by atoms with Gasteiger partial charge in [0, 0.05) is 57.5 Å². The predicted octanol–water partition coefficient (Wildman–Crippen LogP) is 3.83. The first-order chi connectivity index (χ1) is 19.5. The van der Waals surface area contributed by atoms with E-state index in [1.54, 1.807) is 38.5 Å². The Morgan fingerprint density at radius 1 is 1.12 bits per heavy atom. The minimum Gasteiger partial charge on any atom is -0.436 e. The Morgan fingerprint density at radius 2 is 1.88 bits per heavy atom. The summed E-state index contributed by atoms with van der Waals surface area (Å²) in [5.41, 5.74) is 1.39. The molecule has 1 unspecified atom stereocenters. The summed E-state index contributed by atoms with van der Waals surface area (Å²) in [7, 11) is 6.25. The Kier molecular flexibility index (Phi) is 9.26. The lowest BCUT2D eigenvalue weighted by molar-refractivity contribution is -0.125. The lowest BCUT2D eigenvalue weighted by Gasteiger charge is -2.20. The molecule has 3 aromatic rings. The molecule has 3 amide bonds. The van der Waals surface area contributed by atoms with Crippen LogP contribution in [0, 0.1) is 11.7 Å². The number of benzene rings is 1. The third-order valence-electron chi connectivity index (χ3n) is 6.89. The third kappa shape index (κ3) is 7.62. The summed E-state index contributed by atoms with van der Waals surface area (Å²) >= 11 is 0. The second kappa shape index (κ2) is 12.8. The van der Waals surface area contributed by atoms with Gasteiger partial charge in [0.05, 0.1) is 6.54 Å². The summed E-state index contributed by atoms with van der Waals surface area (Å²) in [5, 5.41) is 3.38. The number of nitrogens with zero attached hydrogens (tertiary/aromatic N) is 4. The van der Waals surface area contributed by atoms with Crippen molar-refractivity contribution in [2.45, 2.75) is 44.9 Å². The maximum Gasteiger partial charge on any atom is 0.410 e. The maximum absolute atomic E-state index is 13.9. The van der Waals surface area contributed by atoms with Crippen LogP contribution in [-0.2, 0) is 27.4 Å². The van der Waals surface area contributed by atoms with E-state index in [0.717, 1.165) is 36.0 Å². The average molecular weight is 566 g/mol. The fourth-order valence-electron chi connectivity index (χ4n) is 4.40. The Hall–Kier alpha value is -4.41. The molecular formula is C30H36FN5O5. The first-order valence-electron chi connectivity index (χ1n) is 13.6. The van der Waals surface area contributed by atoms with Crippen molar-refractivity contribution < 1.29 is 23.5 Å². The van der Waals surface area contributed by atoms with E-state index in [0.29, 0.717) is 12.3 Å². The van der Waals surface area contributed by atoms with Crippen molar-refractivity contribution in [3.8, 4) is 0 Å². The van der Waals surface area contributed by atoms with Gasteiger partial charge in [-0.2, -0.15) is 0 Å². The van der Waals surface area contributed by atoms with Crippen molar-refractivity contribution in [3.05, 3.63) is 76.6 Å². The number of ether oxygens (including phenoxy) is 1. The molecule has 1 fully saturated rings. The van der Waals surface area contributed by atoms with Crippen LogP contribution in [0.4, 0.5) is 14.9 Å². The van der Waals surface area contributed by atoms with Gasteiger partial charge in [0.2, 0.25) is 5.91 Å². The number of hydrogen-bond acceptors (Lipinski definition) is 5. The van der Waals surface area contributed by atoms with Crippen molar-refractivity contribution in [1.29, 1.82) is 0 Å². The zero-order valence-electron chi connectivity index (χ0n) is 23.8. The Balaban J connectivity index is 1.53. The monoisotopic (exact) mass is 565 g/mol. The van der Waals surface area contributed by atoms with Gasteiger partial charge in [-0.15, -0.1) is 0 Å². The number of nitrogens with one attached hydrogen (secondary N) is 1. The van der Waals surface area contributed by atoms with Gasteiger partial charge < -0.3 is 29.0 Å². The van der Waals surface area contributed by atoms with Crippen molar-refractivity contribution in [3.63, 3.8) is 0 Å². The minimum absolute atomic E-state index is 0.0395. The van der Waals surface area contributed by atoms with Gasteiger partial charge in [0.25, 0.3) is 11.5 Å². The molecule has 0 saturated heterocycles. The Bertz CT molecular complexity index is 1520. The van der Waals surface area contributed by atoms with Crippen LogP contribution in [0.15, 0.2) is 59.5 Å². The van der Waals surface area contributed by atoms with Gasteiger partial charge >= 0.3 is 6.09 Å². The van der Waals surface area contributed by atoms with Crippen LogP contribution in [0.3, 0.4) is 0 Å². The summed E-state index contributed by atoms with van der Waals surface area (Å²) in [6.07, 6.45) is 5.42. The van der Waals surface area contributed by atoms with Crippen LogP contribution < -0.4 is 10.9 Å². The fourth-order valence-corrected chi connectivity index (χ4v) is 4.40. The number of halogens is 1. The summed E-state index contributed by atoms with van der Waals surface area (Å²) in [4.78, 5) is 53.2. The highest BCUT2D eigenvalue weighted by molar-refractivity contribution is 5.95. The molecule has 1 atom stereocenters. The van der Waals surface area contributed by atoms with E-state index in [9.17, 15) is 23.6 Å². The number of allylic oxidation sites excluding steroid dienone is 1. The first-order valence-corrected chi connectivity index (χ1v) is 13.6. The van der Waals surface area contributed by atoms with Crippen LogP contribution in [-0.4, -0.2) is 71.1 Å². The molecule has 218 valence electrons. The summed E-state index contributed by atoms with van der Waals surface area (Å²) in [6, 6.07) is 9.73. The van der Waals surface area contributed by atoms with Gasteiger partial charge in [0.1, 0.15) is 11.5 Å². The highest BCUT2D eigenvalue weighted by Gasteiger charge is 2.26. The molecule has 0 bridgehead atoms. The smallest absolute Gasteiger partial charge is 0.410 e. The molecule has 0 spiro atoms. The molecule has 1 aliphatic rings. The molecule has 2 heterocycles. The van der Waals surface area contributed by atoms with Crippen LogP contribution in [0.5, 0.6) is 0 Å². The van der Waals surface area contributed by atoms with Gasteiger partial charge in [-0.25, -0.2) is 9.18 Å². The average Bonchev–Trinajstić information content (AvgIpc) is 3.68. The van der Waals surface area contributed by atoms with E-state index in [2.05, 4.69) is 9.88 Å². The number of rotatable bonds is 11. The van der Waals surface area contributed by atoms with Crippen molar-refractivity contribution in [2.75, 3.05) is 33.5 Å². The molecule has 1 aliphatic carbocycles. The van der Waals surface area contributed by atoms with Crippen molar-refractivity contribution in [2.24, 2.45) is 5.92 Å². The number of fused-ring (bicyclic) bond motifs is 1. The topological polar surface area (TPSA) is 106 Å². The van der Waals surface area contributed by atoms with Gasteiger partial charge in [0.15, 0.2) is 6.10 Å². The zero-order chi connectivity index (χ0) is 29.7. The number of pyridine rings is 1. The number of carbonyl (C=O) groups excluding carboxylic acids is 3.